The average Bonchev–Trinajstić information content (AvgIpc) is 2.46. The molecule has 4 heteroatoms. The lowest BCUT2D eigenvalue weighted by Gasteiger charge is -2.28. The maximum atomic E-state index is 9.84. The molecule has 0 aliphatic heterocycles. The van der Waals surface area contributed by atoms with Gasteiger partial charge < -0.3 is 19.9 Å². The van der Waals surface area contributed by atoms with Gasteiger partial charge in [-0.15, -0.1) is 6.58 Å². The second-order valence-corrected chi connectivity index (χ2v) is 5.77. The summed E-state index contributed by atoms with van der Waals surface area (Å²) < 4.78 is 10.4. The lowest BCUT2D eigenvalue weighted by Crippen LogP contribution is -2.46. The minimum absolute atomic E-state index is 0.103. The Bertz CT molecular complexity index is 415. The largest absolute Gasteiger partial charge is 0.497 e. The minimum atomic E-state index is -0.514. The number of benzene rings is 1. The Labute approximate surface area is 127 Å². The molecule has 0 spiro atoms. The van der Waals surface area contributed by atoms with E-state index >= 15 is 0 Å². The highest BCUT2D eigenvalue weighted by Crippen LogP contribution is 2.16. The first-order chi connectivity index (χ1) is 9.96. The van der Waals surface area contributed by atoms with Crippen LogP contribution < -0.4 is 10.1 Å². The van der Waals surface area contributed by atoms with E-state index in [9.17, 15) is 5.11 Å². The normalized spacial score (nSPS) is 13.0. The molecule has 1 aromatic rings. The molecule has 1 atom stereocenters. The molecule has 0 bridgehead atoms. The zero-order valence-corrected chi connectivity index (χ0v) is 13.3. The molecule has 0 heterocycles. The van der Waals surface area contributed by atoms with Crippen LogP contribution in [0.2, 0.25) is 0 Å². The number of aliphatic hydroxyl groups is 1. The van der Waals surface area contributed by atoms with Gasteiger partial charge in [0.25, 0.3) is 0 Å². The maximum Gasteiger partial charge on any atom is 0.118 e. The topological polar surface area (TPSA) is 50.7 Å². The maximum absolute atomic E-state index is 9.84. The van der Waals surface area contributed by atoms with Gasteiger partial charge in [-0.2, -0.15) is 0 Å². The molecule has 0 aromatic heterocycles. The number of aliphatic hydroxyl groups excluding tert-OH is 1. The van der Waals surface area contributed by atoms with Crippen molar-refractivity contribution in [2.24, 2.45) is 0 Å². The molecule has 0 aliphatic rings. The van der Waals surface area contributed by atoms with E-state index in [4.69, 9.17) is 9.47 Å². The molecule has 4 nitrogen and oxygen atoms in total. The van der Waals surface area contributed by atoms with Crippen molar-refractivity contribution >= 4 is 0 Å². The Morgan fingerprint density at radius 3 is 2.57 bits per heavy atom. The van der Waals surface area contributed by atoms with Crippen molar-refractivity contribution < 1.29 is 14.6 Å². The van der Waals surface area contributed by atoms with Gasteiger partial charge in [0.15, 0.2) is 0 Å². The Hall–Kier alpha value is -1.36. The van der Waals surface area contributed by atoms with Crippen molar-refractivity contribution in [3.8, 4) is 5.75 Å². The molecule has 0 amide bonds. The fraction of sp³-hybridized carbons (Fsp3) is 0.529. The molecular weight excluding hydrogens is 266 g/mol. The zero-order valence-electron chi connectivity index (χ0n) is 13.3. The van der Waals surface area contributed by atoms with E-state index in [1.807, 2.05) is 12.1 Å². The molecule has 1 aromatic carbocycles. The summed E-state index contributed by atoms with van der Waals surface area (Å²) in [6.45, 7) is 9.09. The van der Waals surface area contributed by atoms with Crippen LogP contribution in [0.3, 0.4) is 0 Å². The van der Waals surface area contributed by atoms with E-state index in [1.165, 1.54) is 5.56 Å². The Kier molecular flexibility index (Phi) is 7.43. The fourth-order valence-corrected chi connectivity index (χ4v) is 2.06. The molecular formula is C17H27NO3. The van der Waals surface area contributed by atoms with Crippen LogP contribution in [-0.4, -0.2) is 43.6 Å². The molecule has 1 rings (SSSR count). The number of rotatable bonds is 10. The Morgan fingerprint density at radius 2 is 2.00 bits per heavy atom. The summed E-state index contributed by atoms with van der Waals surface area (Å²) in [4.78, 5) is 0. The lowest BCUT2D eigenvalue weighted by molar-refractivity contribution is 0.0455. The Morgan fingerprint density at radius 1 is 1.33 bits per heavy atom. The second-order valence-electron chi connectivity index (χ2n) is 5.77. The molecule has 0 saturated carbocycles. The van der Waals surface area contributed by atoms with Crippen LogP contribution >= 0.6 is 0 Å². The van der Waals surface area contributed by atoms with Gasteiger partial charge in [0.1, 0.15) is 5.75 Å². The van der Waals surface area contributed by atoms with Crippen LogP contribution in [0.15, 0.2) is 36.9 Å². The molecule has 118 valence electrons. The summed E-state index contributed by atoms with van der Waals surface area (Å²) in [5.74, 6) is 0.860. The number of hydrogen-bond donors (Lipinski definition) is 2. The van der Waals surface area contributed by atoms with Crippen molar-refractivity contribution in [3.05, 3.63) is 42.5 Å². The quantitative estimate of drug-likeness (QED) is 0.513. The second kappa shape index (κ2) is 8.82. The molecule has 0 fully saturated rings. The third-order valence-electron chi connectivity index (χ3n) is 3.17. The van der Waals surface area contributed by atoms with E-state index in [2.05, 4.69) is 37.9 Å². The molecule has 0 saturated heterocycles. The van der Waals surface area contributed by atoms with E-state index in [1.54, 1.807) is 13.2 Å². The van der Waals surface area contributed by atoms with Crippen molar-refractivity contribution in [1.29, 1.82) is 0 Å². The molecule has 0 aliphatic carbocycles. The highest BCUT2D eigenvalue weighted by Gasteiger charge is 2.19. The summed E-state index contributed by atoms with van der Waals surface area (Å²) in [5.41, 5.74) is 1.12. The summed E-state index contributed by atoms with van der Waals surface area (Å²) in [6, 6.07) is 8.05. The lowest BCUT2D eigenvalue weighted by atomic mass is 9.94. The van der Waals surface area contributed by atoms with Gasteiger partial charge in [0, 0.05) is 12.1 Å². The van der Waals surface area contributed by atoms with Crippen LogP contribution in [0, 0.1) is 0 Å². The summed E-state index contributed by atoms with van der Waals surface area (Å²) in [6.07, 6.45) is 2.03. The minimum Gasteiger partial charge on any atom is -0.497 e. The third-order valence-corrected chi connectivity index (χ3v) is 3.17. The predicted octanol–water partition coefficient (Wildman–Crippen LogP) is 2.17. The highest BCUT2D eigenvalue weighted by molar-refractivity contribution is 5.28. The van der Waals surface area contributed by atoms with Crippen LogP contribution in [0.1, 0.15) is 19.4 Å². The number of methoxy groups -OCH3 is 1. The van der Waals surface area contributed by atoms with Gasteiger partial charge in [-0.1, -0.05) is 18.2 Å². The van der Waals surface area contributed by atoms with E-state index < -0.39 is 6.10 Å². The van der Waals surface area contributed by atoms with E-state index in [-0.39, 0.29) is 5.54 Å². The van der Waals surface area contributed by atoms with Gasteiger partial charge in [-0.3, -0.25) is 0 Å². The van der Waals surface area contributed by atoms with Crippen molar-refractivity contribution in [2.45, 2.75) is 31.9 Å². The number of hydrogen-bond acceptors (Lipinski definition) is 4. The Balaban J connectivity index is 2.39. The van der Waals surface area contributed by atoms with Crippen LogP contribution in [-0.2, 0) is 11.2 Å². The standard InChI is InChI=1S/C17H27NO3/c1-5-10-21-13-15(19)12-18-17(2,3)11-14-6-8-16(20-4)9-7-14/h5-9,15,18-19H,1,10-13H2,2-4H3. The van der Waals surface area contributed by atoms with Gasteiger partial charge in [0.05, 0.1) is 26.4 Å². The van der Waals surface area contributed by atoms with Gasteiger partial charge in [0.2, 0.25) is 0 Å². The SMILES string of the molecule is C=CCOCC(O)CNC(C)(C)Cc1ccc(OC)cc1. The first kappa shape index (κ1) is 17.7. The first-order valence-corrected chi connectivity index (χ1v) is 7.21. The van der Waals surface area contributed by atoms with Crippen LogP contribution in [0.25, 0.3) is 0 Å². The number of nitrogens with one attached hydrogen (secondary N) is 1. The molecule has 1 unspecified atom stereocenters. The zero-order chi connectivity index (χ0) is 15.7. The average molecular weight is 293 g/mol. The van der Waals surface area contributed by atoms with Crippen LogP contribution in [0.4, 0.5) is 0 Å². The smallest absolute Gasteiger partial charge is 0.118 e. The van der Waals surface area contributed by atoms with Gasteiger partial charge in [-0.05, 0) is 38.0 Å². The van der Waals surface area contributed by atoms with E-state index in [0.717, 1.165) is 12.2 Å². The third kappa shape index (κ3) is 7.27. The highest BCUT2D eigenvalue weighted by atomic mass is 16.5. The molecule has 0 radical (unpaired) electrons. The monoisotopic (exact) mass is 293 g/mol. The van der Waals surface area contributed by atoms with Crippen molar-refractivity contribution in [2.75, 3.05) is 26.9 Å². The molecule has 21 heavy (non-hydrogen) atoms. The van der Waals surface area contributed by atoms with Crippen molar-refractivity contribution in [1.82, 2.24) is 5.32 Å². The van der Waals surface area contributed by atoms with Crippen molar-refractivity contribution in [3.63, 3.8) is 0 Å². The summed E-state index contributed by atoms with van der Waals surface area (Å²) in [7, 11) is 1.66. The predicted molar refractivity (Wildman–Crippen MR) is 85.8 cm³/mol. The number of ether oxygens (including phenoxy) is 2. The van der Waals surface area contributed by atoms with Gasteiger partial charge >= 0.3 is 0 Å². The van der Waals surface area contributed by atoms with Crippen LogP contribution in [0.5, 0.6) is 5.75 Å². The summed E-state index contributed by atoms with van der Waals surface area (Å²) >= 11 is 0. The fourth-order valence-electron chi connectivity index (χ4n) is 2.06. The summed E-state index contributed by atoms with van der Waals surface area (Å²) in [5, 5.41) is 13.2. The van der Waals surface area contributed by atoms with Gasteiger partial charge in [-0.25, -0.2) is 0 Å². The molecule has 2 N–H and O–H groups in total. The number of β-amino-alcohol motifs (C(OH)–C–C–N with tert-alkyl or cyclic N) is 1. The van der Waals surface area contributed by atoms with E-state index in [0.29, 0.717) is 19.8 Å². The first-order valence-electron chi connectivity index (χ1n) is 7.21.